The van der Waals surface area contributed by atoms with E-state index < -0.39 is 25.5 Å². The van der Waals surface area contributed by atoms with Crippen LogP contribution in [0.15, 0.2) is 265 Å². The number of nitrogens with zero attached hydrogens (tertiary/aromatic N) is 4. The van der Waals surface area contributed by atoms with Gasteiger partial charge in [-0.05, 0) is 231 Å². The van der Waals surface area contributed by atoms with E-state index in [2.05, 4.69) is 293 Å². The Morgan fingerprint density at radius 1 is 0.297 bits per heavy atom. The summed E-state index contributed by atoms with van der Waals surface area (Å²) < 4.78 is 109. The number of pyridine rings is 4. The Balaban J connectivity index is 0.000000109. The highest BCUT2D eigenvalue weighted by atomic mass is 32.1. The Labute approximate surface area is 762 Å². The Morgan fingerprint density at radius 3 is 1.30 bits per heavy atom. The lowest BCUT2D eigenvalue weighted by atomic mass is 9.82. The number of para-hydroxylation sites is 1. The van der Waals surface area contributed by atoms with Gasteiger partial charge >= 0.3 is 0 Å². The molecule has 0 radical (unpaired) electrons. The first-order chi connectivity index (χ1) is 64.5. The van der Waals surface area contributed by atoms with E-state index in [0.29, 0.717) is 16.8 Å². The molecule has 22 aromatic rings. The molecule has 10 heteroatoms. The zero-order valence-corrected chi connectivity index (χ0v) is 77.1. The average Bonchev–Trinajstić information content (AvgIpc) is 1.53. The fourth-order valence-corrected chi connectivity index (χ4v) is 21.8. The maximum Gasteiger partial charge on any atom is 0.216 e. The van der Waals surface area contributed by atoms with E-state index in [4.69, 9.17) is 33.1 Å². The smallest absolute Gasteiger partial charge is 0.216 e. The first-order valence-corrected chi connectivity index (χ1v) is 45.0. The van der Waals surface area contributed by atoms with Gasteiger partial charge < -0.3 is 22.1 Å². The minimum atomic E-state index is -2.46. The van der Waals surface area contributed by atoms with E-state index >= 15 is 0 Å². The monoisotopic (exact) mass is 1700 g/mol. The third kappa shape index (κ3) is 12.9. The van der Waals surface area contributed by atoms with Crippen LogP contribution in [0.4, 0.5) is 0 Å². The lowest BCUT2D eigenvalue weighted by Gasteiger charge is -2.21. The summed E-state index contributed by atoms with van der Waals surface area (Å²) in [6, 6.07) is 76.8. The molecule has 24 rings (SSSR count). The number of rotatable bonds is 5. The molecule has 12 aromatic carbocycles. The topological polar surface area (TPSA) is 81.2 Å². The molecule has 0 spiro atoms. The highest BCUT2D eigenvalue weighted by molar-refractivity contribution is 7.26. The number of hydrogen-bond acceptors (Lipinski definition) is 6. The minimum Gasteiger partial charge on any atom is -0.456 e. The van der Waals surface area contributed by atoms with Gasteiger partial charge in [0.25, 0.3) is 0 Å². The normalized spacial score (nSPS) is 14.5. The molecule has 0 aliphatic heterocycles. The van der Waals surface area contributed by atoms with Crippen LogP contribution in [0.25, 0.3) is 197 Å². The molecule has 10 aromatic heterocycles. The van der Waals surface area contributed by atoms with Gasteiger partial charge in [-0.15, -0.1) is 11.3 Å². The molecule has 0 N–H and O–H groups in total. The van der Waals surface area contributed by atoms with Crippen LogP contribution in [-0.4, -0.2) is 0 Å². The standard InChI is InChI=1S/C34H36NO.C30H28NO.C27H22NO2.C27H22NOS/c1-20-13-14-24-26-16-28-25(23-11-9-10-12-27(23)34(28,6)7)17-30(26)36-32(24)31(20)29-15-22(18-33(3,4)5)21(2)19-35(29)8;1-17-11-12-21-28-25(32-29(21)26(17)24-15-18(2)19(3)16-31(24)6)14-13-23-27(28)20-9-7-8-10-22(20)30(23,4)5;1-15-9-10-19-21-13-24-20(18-7-5-6-8-23(18)29-24)12-25(21)30-27(19)26(15)22-11-16(2)17(3)14-28(22)4;1-15-9-10-19-25-21(11-12-23-26(25)18-7-5-6-8-22(18)30-23)29-27(19)24(15)20-13-16(2)17(3)14-28(20)4/h9-17,19H,18H2,1-8H3;7-16H,1-6H3;2*5-14H,1-4H3/q4*+1/i2D3,18D2;;3D3;. The van der Waals surface area contributed by atoms with Crippen LogP contribution < -0.4 is 18.3 Å². The van der Waals surface area contributed by atoms with Crippen LogP contribution >= 0.6 is 11.3 Å². The number of aromatic nitrogens is 4. The Bertz CT molecular complexity index is 8900. The molecular formula is C118H108N4O5S+4. The van der Waals surface area contributed by atoms with Crippen molar-refractivity contribution in [2.75, 3.05) is 0 Å². The molecule has 128 heavy (non-hydrogen) atoms. The second kappa shape index (κ2) is 29.8. The van der Waals surface area contributed by atoms with Gasteiger partial charge in [-0.1, -0.05) is 188 Å². The summed E-state index contributed by atoms with van der Waals surface area (Å²) in [6.07, 6.45) is 5.79. The molecule has 0 saturated heterocycles. The summed E-state index contributed by atoms with van der Waals surface area (Å²) in [5, 5.41) is 13.6. The Hall–Kier alpha value is -13.5. The molecule has 2 aliphatic carbocycles. The van der Waals surface area contributed by atoms with Gasteiger partial charge in [-0.3, -0.25) is 0 Å². The highest BCUT2D eigenvalue weighted by Gasteiger charge is 2.40. The van der Waals surface area contributed by atoms with Gasteiger partial charge in [0, 0.05) is 142 Å². The summed E-state index contributed by atoms with van der Waals surface area (Å²) >= 11 is 1.85. The zero-order valence-electron chi connectivity index (χ0n) is 84.3. The predicted octanol–water partition coefficient (Wildman–Crippen LogP) is 30.2. The average molecular weight is 1700 g/mol. The molecule has 0 fully saturated rings. The lowest BCUT2D eigenvalue weighted by Crippen LogP contribution is -2.32. The lowest BCUT2D eigenvalue weighted by molar-refractivity contribution is -0.660. The summed E-state index contributed by atoms with van der Waals surface area (Å²) in [7, 11) is 7.94. The molecule has 0 atom stereocenters. The first-order valence-electron chi connectivity index (χ1n) is 48.2. The van der Waals surface area contributed by atoms with Crippen LogP contribution in [0.2, 0.25) is 0 Å². The van der Waals surface area contributed by atoms with Gasteiger partial charge in [-0.2, -0.15) is 0 Å². The van der Waals surface area contributed by atoms with E-state index in [1.165, 1.54) is 142 Å². The maximum absolute atomic E-state index is 9.03. The SMILES string of the molecule is Cc1cc(-c2c(C)ccc3c2oc2ccc4c(c23)-c2ccccc2C4(C)C)[n+](C)cc1C.Cc1cc(-c2c(C)ccc3c2oc2ccc4sc5ccccc5c4c23)[n+](C)cc1C.[2H]C([2H])([2H])c1c[n+](C)c(-c2c(C)ccc3c2oc2cc4c(cc23)C(C)(C)c2ccccc2-4)cc1C([2H])([2H])C(C)(C)C.[2H]C([2H])([2H])c1c[n+](C)c(-c2c(C)ccc3c2oc2cc4c(cc23)oc2ccccc24)cc1C. The summed E-state index contributed by atoms with van der Waals surface area (Å²) in [4.78, 5) is 0. The largest absolute Gasteiger partial charge is 0.456 e. The van der Waals surface area contributed by atoms with Crippen molar-refractivity contribution in [1.82, 2.24) is 0 Å². The second-order valence-electron chi connectivity index (χ2n) is 38.0. The maximum atomic E-state index is 9.03. The van der Waals surface area contributed by atoms with E-state index in [-0.39, 0.29) is 22.0 Å². The fourth-order valence-electron chi connectivity index (χ4n) is 20.7. The Morgan fingerprint density at radius 2 is 0.719 bits per heavy atom. The van der Waals surface area contributed by atoms with Gasteiger partial charge in [0.2, 0.25) is 22.8 Å². The number of benzene rings is 12. The molecular weight excluding hydrogens is 1590 g/mol. The molecule has 0 unspecified atom stereocenters. The van der Waals surface area contributed by atoms with Gasteiger partial charge in [0.05, 0.1) is 22.3 Å². The second-order valence-corrected chi connectivity index (χ2v) is 39.1. The number of aryl methyl sites for hydroxylation is 15. The van der Waals surface area contributed by atoms with Crippen LogP contribution in [-0.2, 0) is 45.4 Å². The molecule has 632 valence electrons. The van der Waals surface area contributed by atoms with Crippen molar-refractivity contribution >= 4 is 141 Å². The van der Waals surface area contributed by atoms with Crippen molar-refractivity contribution in [1.29, 1.82) is 0 Å². The molecule has 10 heterocycles. The number of hydrogen-bond donors (Lipinski definition) is 0. The quantitative estimate of drug-likeness (QED) is 0.160. The molecule has 9 nitrogen and oxygen atoms in total. The first kappa shape index (κ1) is 72.6. The van der Waals surface area contributed by atoms with Gasteiger partial charge in [0.15, 0.2) is 24.8 Å². The van der Waals surface area contributed by atoms with Crippen LogP contribution in [0.1, 0.15) is 148 Å². The number of furan rings is 5. The fraction of sp³-hybridized carbons (Fsp3) is 0.220. The van der Waals surface area contributed by atoms with E-state index in [0.717, 1.165) is 116 Å². The van der Waals surface area contributed by atoms with Crippen molar-refractivity contribution in [2.24, 2.45) is 33.6 Å². The highest BCUT2D eigenvalue weighted by Crippen LogP contribution is 2.56. The van der Waals surface area contributed by atoms with E-state index in [1.54, 1.807) is 43.8 Å². The summed E-state index contributed by atoms with van der Waals surface area (Å²) in [5.41, 5.74) is 37.3. The molecule has 2 aliphatic rings. The molecule has 0 saturated carbocycles. The molecule has 0 bridgehead atoms. The van der Waals surface area contributed by atoms with Crippen molar-refractivity contribution in [3.63, 3.8) is 0 Å². The van der Waals surface area contributed by atoms with Crippen LogP contribution in [0.5, 0.6) is 0 Å². The van der Waals surface area contributed by atoms with Gasteiger partial charge in [0.1, 0.15) is 84.0 Å². The van der Waals surface area contributed by atoms with Gasteiger partial charge in [-0.25, -0.2) is 18.3 Å². The summed E-state index contributed by atoms with van der Waals surface area (Å²) in [6.45, 7) is 28.9. The van der Waals surface area contributed by atoms with Crippen LogP contribution in [0, 0.1) is 81.4 Å². The zero-order chi connectivity index (χ0) is 95.9. The Kier molecular flexibility index (Phi) is 16.9. The third-order valence-corrected chi connectivity index (χ3v) is 28.7. The van der Waals surface area contributed by atoms with E-state index in [1.807, 2.05) is 75.0 Å². The third-order valence-electron chi connectivity index (χ3n) is 27.6. The summed E-state index contributed by atoms with van der Waals surface area (Å²) in [5.74, 6) is 0. The minimum absolute atomic E-state index is 0.0161. The van der Waals surface area contributed by atoms with Crippen molar-refractivity contribution in [3.05, 3.63) is 332 Å². The number of thiophene rings is 1. The number of fused-ring (bicyclic) bond motifs is 26. The van der Waals surface area contributed by atoms with Crippen molar-refractivity contribution < 1.29 is 51.3 Å². The van der Waals surface area contributed by atoms with Crippen molar-refractivity contribution in [2.45, 2.75) is 142 Å². The molecule has 0 amide bonds. The van der Waals surface area contributed by atoms with Crippen LogP contribution in [0.3, 0.4) is 0 Å². The van der Waals surface area contributed by atoms with E-state index in [9.17, 15) is 0 Å². The van der Waals surface area contributed by atoms with Crippen molar-refractivity contribution in [3.8, 4) is 67.3 Å². The predicted molar refractivity (Wildman–Crippen MR) is 532 cm³/mol.